The van der Waals surface area contributed by atoms with Crippen molar-refractivity contribution >= 4 is 16.8 Å². The maximum Gasteiger partial charge on any atom is 0.252 e. The van der Waals surface area contributed by atoms with Crippen molar-refractivity contribution in [1.82, 2.24) is 4.98 Å². The lowest BCUT2D eigenvalue weighted by Gasteiger charge is -2.10. The number of rotatable bonds is 3. The number of carbonyl (C=O) groups excluding carboxylic acids is 1. The molecule has 4 heteroatoms. The van der Waals surface area contributed by atoms with E-state index in [2.05, 4.69) is 4.98 Å². The van der Waals surface area contributed by atoms with Gasteiger partial charge in [0.2, 0.25) is 0 Å². The maximum absolute atomic E-state index is 11.4. The zero-order valence-corrected chi connectivity index (χ0v) is 10.1. The number of aromatic nitrogens is 1. The lowest BCUT2D eigenvalue weighted by molar-refractivity contribution is 0.0997. The standard InChI is InChI=1S/C14H14N2O2/c1-18-13-7-12-10(6-11(13)14(15)17)9(4-5-16-12)8-2-3-8/h4-8H,2-3H2,1H3,(H2,15,17). The molecular weight excluding hydrogens is 228 g/mol. The van der Waals surface area contributed by atoms with E-state index in [1.165, 1.54) is 25.5 Å². The molecule has 0 bridgehead atoms. The minimum atomic E-state index is -0.473. The predicted octanol–water partition coefficient (Wildman–Crippen LogP) is 2.22. The highest BCUT2D eigenvalue weighted by Gasteiger charge is 2.26. The molecule has 92 valence electrons. The monoisotopic (exact) mass is 242 g/mol. The summed E-state index contributed by atoms with van der Waals surface area (Å²) in [6.45, 7) is 0. The normalized spacial score (nSPS) is 14.7. The molecule has 1 aliphatic rings. The van der Waals surface area contributed by atoms with Crippen LogP contribution in [-0.4, -0.2) is 18.0 Å². The largest absolute Gasteiger partial charge is 0.496 e. The van der Waals surface area contributed by atoms with E-state index in [4.69, 9.17) is 10.5 Å². The highest BCUT2D eigenvalue weighted by atomic mass is 16.5. The second-order valence-electron chi connectivity index (χ2n) is 4.61. The second-order valence-corrected chi connectivity index (χ2v) is 4.61. The first-order valence-electron chi connectivity index (χ1n) is 5.97. The van der Waals surface area contributed by atoms with Crippen molar-refractivity contribution in [3.8, 4) is 5.75 Å². The van der Waals surface area contributed by atoms with Gasteiger partial charge in [0, 0.05) is 17.6 Å². The van der Waals surface area contributed by atoms with Crippen molar-refractivity contribution in [3.05, 3.63) is 35.5 Å². The van der Waals surface area contributed by atoms with E-state index < -0.39 is 5.91 Å². The summed E-state index contributed by atoms with van der Waals surface area (Å²) in [4.78, 5) is 15.8. The fourth-order valence-electron chi connectivity index (χ4n) is 2.31. The molecule has 0 saturated heterocycles. The van der Waals surface area contributed by atoms with Gasteiger partial charge in [-0.1, -0.05) is 0 Å². The van der Waals surface area contributed by atoms with E-state index >= 15 is 0 Å². The van der Waals surface area contributed by atoms with Gasteiger partial charge in [0.15, 0.2) is 0 Å². The van der Waals surface area contributed by atoms with Crippen molar-refractivity contribution < 1.29 is 9.53 Å². The Bertz CT molecular complexity index is 633. The first kappa shape index (κ1) is 11.0. The average molecular weight is 242 g/mol. The Morgan fingerprint density at radius 2 is 2.22 bits per heavy atom. The van der Waals surface area contributed by atoms with Crippen molar-refractivity contribution in [3.63, 3.8) is 0 Å². The van der Waals surface area contributed by atoms with E-state index in [0.29, 0.717) is 17.2 Å². The number of nitrogens with two attached hydrogens (primary N) is 1. The van der Waals surface area contributed by atoms with Gasteiger partial charge < -0.3 is 10.5 Å². The van der Waals surface area contributed by atoms with Crippen LogP contribution in [0, 0.1) is 0 Å². The highest BCUT2D eigenvalue weighted by Crippen LogP contribution is 2.43. The zero-order valence-electron chi connectivity index (χ0n) is 10.1. The molecule has 0 spiro atoms. The number of nitrogens with zero attached hydrogens (tertiary/aromatic N) is 1. The molecule has 0 aliphatic heterocycles. The number of pyridine rings is 1. The Labute approximate surface area is 105 Å². The molecule has 0 radical (unpaired) electrons. The van der Waals surface area contributed by atoms with Crippen LogP contribution in [0.4, 0.5) is 0 Å². The molecule has 3 rings (SSSR count). The van der Waals surface area contributed by atoms with Crippen LogP contribution in [0.15, 0.2) is 24.4 Å². The number of methoxy groups -OCH3 is 1. The Balaban J connectivity index is 2.29. The van der Waals surface area contributed by atoms with Crippen LogP contribution in [0.3, 0.4) is 0 Å². The Morgan fingerprint density at radius 3 is 2.83 bits per heavy atom. The molecule has 1 aromatic heterocycles. The fraction of sp³-hybridized carbons (Fsp3) is 0.286. The SMILES string of the molecule is COc1cc2nccc(C3CC3)c2cc1C(N)=O. The summed E-state index contributed by atoms with van der Waals surface area (Å²) in [7, 11) is 1.53. The molecule has 1 saturated carbocycles. The van der Waals surface area contributed by atoms with Crippen molar-refractivity contribution in [2.45, 2.75) is 18.8 Å². The zero-order chi connectivity index (χ0) is 12.7. The second kappa shape index (κ2) is 3.98. The lowest BCUT2D eigenvalue weighted by atomic mass is 10.0. The summed E-state index contributed by atoms with van der Waals surface area (Å²) in [6, 6.07) is 5.61. The Kier molecular flexibility index (Phi) is 2.44. The van der Waals surface area contributed by atoms with Gasteiger partial charge in [-0.3, -0.25) is 9.78 Å². The average Bonchev–Trinajstić information content (AvgIpc) is 3.20. The number of benzene rings is 1. The molecule has 4 nitrogen and oxygen atoms in total. The number of primary amides is 1. The quantitative estimate of drug-likeness (QED) is 0.897. The van der Waals surface area contributed by atoms with Crippen LogP contribution in [0.2, 0.25) is 0 Å². The maximum atomic E-state index is 11.4. The molecule has 18 heavy (non-hydrogen) atoms. The van der Waals surface area contributed by atoms with Gasteiger partial charge in [-0.2, -0.15) is 0 Å². The Morgan fingerprint density at radius 1 is 1.44 bits per heavy atom. The van der Waals surface area contributed by atoms with Crippen molar-refractivity contribution in [2.24, 2.45) is 5.73 Å². The van der Waals surface area contributed by atoms with Crippen LogP contribution >= 0.6 is 0 Å². The lowest BCUT2D eigenvalue weighted by Crippen LogP contribution is -2.12. The fourth-order valence-corrected chi connectivity index (χ4v) is 2.31. The molecule has 1 heterocycles. The van der Waals surface area contributed by atoms with E-state index in [1.54, 1.807) is 18.3 Å². The van der Waals surface area contributed by atoms with Crippen molar-refractivity contribution in [1.29, 1.82) is 0 Å². The van der Waals surface area contributed by atoms with Crippen LogP contribution in [0.5, 0.6) is 5.75 Å². The Hall–Kier alpha value is -2.10. The number of hydrogen-bond acceptors (Lipinski definition) is 3. The molecule has 0 atom stereocenters. The van der Waals surface area contributed by atoms with Gasteiger partial charge in [-0.15, -0.1) is 0 Å². The van der Waals surface area contributed by atoms with E-state index in [0.717, 1.165) is 10.9 Å². The number of fused-ring (bicyclic) bond motifs is 1. The molecule has 0 unspecified atom stereocenters. The number of ether oxygens (including phenoxy) is 1. The van der Waals surface area contributed by atoms with Gasteiger partial charge in [-0.25, -0.2) is 0 Å². The first-order chi connectivity index (χ1) is 8.70. The molecule has 1 aliphatic carbocycles. The summed E-state index contributed by atoms with van der Waals surface area (Å²) in [5.41, 5.74) is 7.90. The molecule has 1 fully saturated rings. The summed E-state index contributed by atoms with van der Waals surface area (Å²) in [6.07, 6.45) is 4.22. The van der Waals surface area contributed by atoms with E-state index in [9.17, 15) is 4.79 Å². The van der Waals surface area contributed by atoms with Gasteiger partial charge >= 0.3 is 0 Å². The molecule has 2 N–H and O–H groups in total. The van der Waals surface area contributed by atoms with E-state index in [-0.39, 0.29) is 0 Å². The molecule has 2 aromatic rings. The smallest absolute Gasteiger partial charge is 0.252 e. The third kappa shape index (κ3) is 1.70. The predicted molar refractivity (Wildman–Crippen MR) is 68.8 cm³/mol. The van der Waals surface area contributed by atoms with Crippen LogP contribution < -0.4 is 10.5 Å². The van der Waals surface area contributed by atoms with Gasteiger partial charge in [-0.05, 0) is 36.5 Å². The van der Waals surface area contributed by atoms with Gasteiger partial charge in [0.05, 0.1) is 18.2 Å². The summed E-state index contributed by atoms with van der Waals surface area (Å²) in [5.74, 6) is 0.611. The third-order valence-electron chi connectivity index (χ3n) is 3.38. The molecular formula is C14H14N2O2. The number of carbonyl (C=O) groups is 1. The number of hydrogen-bond donors (Lipinski definition) is 1. The van der Waals surface area contributed by atoms with Crippen molar-refractivity contribution in [2.75, 3.05) is 7.11 Å². The minimum absolute atomic E-state index is 0.417. The molecule has 1 amide bonds. The highest BCUT2D eigenvalue weighted by molar-refractivity contribution is 6.00. The van der Waals surface area contributed by atoms with Crippen LogP contribution in [0.1, 0.15) is 34.7 Å². The molecule has 1 aromatic carbocycles. The van der Waals surface area contributed by atoms with Crippen LogP contribution in [0.25, 0.3) is 10.9 Å². The summed E-state index contributed by atoms with van der Waals surface area (Å²) >= 11 is 0. The number of amides is 1. The summed E-state index contributed by atoms with van der Waals surface area (Å²) < 4.78 is 5.19. The van der Waals surface area contributed by atoms with Crippen LogP contribution in [-0.2, 0) is 0 Å². The van der Waals surface area contributed by atoms with E-state index in [1.807, 2.05) is 6.07 Å². The summed E-state index contributed by atoms with van der Waals surface area (Å²) in [5, 5.41) is 1.01. The minimum Gasteiger partial charge on any atom is -0.496 e. The first-order valence-corrected chi connectivity index (χ1v) is 5.97. The topological polar surface area (TPSA) is 65.2 Å². The third-order valence-corrected chi connectivity index (χ3v) is 3.38. The van der Waals surface area contributed by atoms with Gasteiger partial charge in [0.1, 0.15) is 5.75 Å². The van der Waals surface area contributed by atoms with Gasteiger partial charge in [0.25, 0.3) is 5.91 Å².